The van der Waals surface area contributed by atoms with E-state index in [-0.39, 0.29) is 37.2 Å². The highest BCUT2D eigenvalue weighted by molar-refractivity contribution is 7.13. The number of aromatic nitrogens is 1. The lowest BCUT2D eigenvalue weighted by Gasteiger charge is -2.35. The molecule has 3 atom stereocenters. The van der Waals surface area contributed by atoms with Gasteiger partial charge in [0.25, 0.3) is 0 Å². The van der Waals surface area contributed by atoms with Crippen LogP contribution in [0.3, 0.4) is 0 Å². The summed E-state index contributed by atoms with van der Waals surface area (Å²) in [6.45, 7) is 9.07. The number of aliphatic hydroxyl groups excluding tert-OH is 1. The van der Waals surface area contributed by atoms with Crippen molar-refractivity contribution in [2.75, 3.05) is 13.7 Å². The summed E-state index contributed by atoms with van der Waals surface area (Å²) in [6, 6.07) is 4.12. The van der Waals surface area contributed by atoms with Crippen molar-refractivity contribution >= 4 is 29.1 Å². The molecule has 10 heteroatoms. The Balaban J connectivity index is 1.74. The molecule has 1 aromatic carbocycles. The Bertz CT molecular complexity index is 1090. The van der Waals surface area contributed by atoms with Crippen molar-refractivity contribution in [3.8, 4) is 16.2 Å². The Labute approximate surface area is 209 Å². The molecule has 1 saturated heterocycles. The van der Waals surface area contributed by atoms with E-state index in [4.69, 9.17) is 4.74 Å². The van der Waals surface area contributed by atoms with E-state index in [0.717, 1.165) is 21.7 Å². The van der Waals surface area contributed by atoms with Crippen LogP contribution in [0.1, 0.15) is 45.4 Å². The molecule has 0 radical (unpaired) electrons. The van der Waals surface area contributed by atoms with Crippen molar-refractivity contribution in [1.82, 2.24) is 20.5 Å². The molecule has 3 N–H and O–H groups in total. The quantitative estimate of drug-likeness (QED) is 0.534. The molecule has 1 aliphatic rings. The van der Waals surface area contributed by atoms with Crippen LogP contribution in [0.5, 0.6) is 5.75 Å². The number of nitrogens with zero attached hydrogens (tertiary/aromatic N) is 2. The number of nitrogens with one attached hydrogen (secondary N) is 2. The maximum absolute atomic E-state index is 13.3. The molecule has 0 spiro atoms. The van der Waals surface area contributed by atoms with Crippen molar-refractivity contribution in [1.29, 1.82) is 0 Å². The molecule has 0 saturated carbocycles. The number of hydrogen-bond donors (Lipinski definition) is 3. The Morgan fingerprint density at radius 3 is 2.60 bits per heavy atom. The summed E-state index contributed by atoms with van der Waals surface area (Å²) in [4.78, 5) is 44.9. The lowest BCUT2D eigenvalue weighted by molar-refractivity contribution is -0.143. The molecule has 190 valence electrons. The van der Waals surface area contributed by atoms with Crippen LogP contribution in [-0.4, -0.2) is 64.6 Å². The summed E-state index contributed by atoms with van der Waals surface area (Å²) in [5, 5.41) is 15.8. The summed E-state index contributed by atoms with van der Waals surface area (Å²) in [5.41, 5.74) is 3.94. The molecule has 0 bridgehead atoms. The SMILES string of the molecule is COc1cc(-c2scnc2C)ccc1CNC(=O)[C@H]1C[C@H](O)CN1C(=O)[C@H](NC(C)=O)C(C)(C)C. The van der Waals surface area contributed by atoms with E-state index in [0.29, 0.717) is 5.75 Å². The first-order valence-corrected chi connectivity index (χ1v) is 12.4. The first-order chi connectivity index (χ1) is 16.4. The number of thiazole rings is 1. The fourth-order valence-electron chi connectivity index (χ4n) is 4.23. The normalized spacial score (nSPS) is 18.8. The van der Waals surface area contributed by atoms with Crippen molar-refractivity contribution < 1.29 is 24.2 Å². The van der Waals surface area contributed by atoms with Gasteiger partial charge in [-0.15, -0.1) is 11.3 Å². The monoisotopic (exact) mass is 502 g/mol. The van der Waals surface area contributed by atoms with Crippen LogP contribution in [-0.2, 0) is 20.9 Å². The minimum absolute atomic E-state index is 0.0370. The van der Waals surface area contributed by atoms with Gasteiger partial charge in [0.15, 0.2) is 0 Å². The van der Waals surface area contributed by atoms with E-state index in [1.807, 2.05) is 45.9 Å². The Hall–Kier alpha value is -2.98. The molecule has 2 heterocycles. The van der Waals surface area contributed by atoms with Gasteiger partial charge in [-0.1, -0.05) is 32.9 Å². The number of β-amino-alcohol motifs (C(OH)–C–C–N with tert-alkyl or cyclic N) is 1. The molecule has 35 heavy (non-hydrogen) atoms. The standard InChI is InChI=1S/C25H34N4O5S/c1-14-21(35-13-27-14)16-7-8-17(20(9-16)34-6)11-26-23(32)19-10-18(31)12-29(19)24(33)22(25(3,4)5)28-15(2)30/h7-9,13,18-19,22,31H,10-12H2,1-6H3,(H,26,32)(H,28,30)/t18-,19+,22-/m0/s1. The molecule has 1 aromatic heterocycles. The Morgan fingerprint density at radius 1 is 1.31 bits per heavy atom. The summed E-state index contributed by atoms with van der Waals surface area (Å²) >= 11 is 1.55. The first-order valence-electron chi connectivity index (χ1n) is 11.5. The number of carbonyl (C=O) groups is 3. The van der Waals surface area contributed by atoms with Gasteiger partial charge in [0, 0.05) is 32.0 Å². The number of methoxy groups -OCH3 is 1. The van der Waals surface area contributed by atoms with E-state index in [9.17, 15) is 19.5 Å². The van der Waals surface area contributed by atoms with Crippen LogP contribution in [0.25, 0.3) is 10.4 Å². The molecule has 3 amide bonds. The lowest BCUT2D eigenvalue weighted by Crippen LogP contribution is -2.57. The van der Waals surface area contributed by atoms with Crippen molar-refractivity contribution in [2.24, 2.45) is 5.41 Å². The van der Waals surface area contributed by atoms with Crippen LogP contribution >= 0.6 is 11.3 Å². The third kappa shape index (κ3) is 6.18. The topological polar surface area (TPSA) is 121 Å². The molecule has 0 aliphatic carbocycles. The minimum atomic E-state index is -0.832. The molecule has 3 rings (SSSR count). The van der Waals surface area contributed by atoms with Crippen molar-refractivity contribution in [3.63, 3.8) is 0 Å². The number of amides is 3. The van der Waals surface area contributed by atoms with E-state index in [1.165, 1.54) is 11.8 Å². The molecular weight excluding hydrogens is 468 g/mol. The molecule has 1 fully saturated rings. The highest BCUT2D eigenvalue weighted by Gasteiger charge is 2.44. The van der Waals surface area contributed by atoms with Crippen LogP contribution in [0, 0.1) is 12.3 Å². The molecule has 9 nitrogen and oxygen atoms in total. The van der Waals surface area contributed by atoms with Crippen LogP contribution in [0.15, 0.2) is 23.7 Å². The smallest absolute Gasteiger partial charge is 0.246 e. The molecule has 2 aromatic rings. The fraction of sp³-hybridized carbons (Fsp3) is 0.520. The second kappa shape index (κ2) is 10.7. The van der Waals surface area contributed by atoms with Gasteiger partial charge in [0.2, 0.25) is 17.7 Å². The zero-order chi connectivity index (χ0) is 25.9. The van der Waals surface area contributed by atoms with E-state index < -0.39 is 23.6 Å². The summed E-state index contributed by atoms with van der Waals surface area (Å²) in [7, 11) is 1.58. The third-order valence-corrected chi connectivity index (χ3v) is 7.05. The Kier molecular flexibility index (Phi) is 8.17. The van der Waals surface area contributed by atoms with Crippen molar-refractivity contribution in [3.05, 3.63) is 35.0 Å². The summed E-state index contributed by atoms with van der Waals surface area (Å²) < 4.78 is 5.55. The molecule has 0 unspecified atom stereocenters. The zero-order valence-electron chi connectivity index (χ0n) is 21.0. The number of aliphatic hydroxyl groups is 1. The largest absolute Gasteiger partial charge is 0.496 e. The van der Waals surface area contributed by atoms with Crippen LogP contribution in [0.4, 0.5) is 0 Å². The summed E-state index contributed by atoms with van der Waals surface area (Å²) in [5.74, 6) is -0.447. The highest BCUT2D eigenvalue weighted by atomic mass is 32.1. The van der Waals surface area contributed by atoms with Gasteiger partial charge in [-0.3, -0.25) is 14.4 Å². The summed E-state index contributed by atoms with van der Waals surface area (Å²) in [6.07, 6.45) is -0.681. The van der Waals surface area contributed by atoms with E-state index >= 15 is 0 Å². The van der Waals surface area contributed by atoms with Gasteiger partial charge < -0.3 is 25.4 Å². The molecule has 1 aliphatic heterocycles. The van der Waals surface area contributed by atoms with Gasteiger partial charge in [-0.2, -0.15) is 0 Å². The molecular formula is C25H34N4O5S. The third-order valence-electron chi connectivity index (χ3n) is 6.07. The number of likely N-dealkylation sites (tertiary alicyclic amines) is 1. The van der Waals surface area contributed by atoms with E-state index in [2.05, 4.69) is 15.6 Å². The maximum atomic E-state index is 13.3. The number of benzene rings is 1. The number of aryl methyl sites for hydroxylation is 1. The number of carbonyl (C=O) groups excluding carboxylic acids is 3. The second-order valence-corrected chi connectivity index (χ2v) is 10.8. The zero-order valence-corrected chi connectivity index (χ0v) is 21.9. The van der Waals surface area contributed by atoms with Gasteiger partial charge in [0.1, 0.15) is 17.8 Å². The highest BCUT2D eigenvalue weighted by Crippen LogP contribution is 2.32. The Morgan fingerprint density at radius 2 is 2.03 bits per heavy atom. The average molecular weight is 503 g/mol. The number of ether oxygens (including phenoxy) is 1. The number of hydrogen-bond acceptors (Lipinski definition) is 7. The van der Waals surface area contributed by atoms with Gasteiger partial charge in [-0.25, -0.2) is 4.98 Å². The predicted octanol–water partition coefficient (Wildman–Crippen LogP) is 2.26. The predicted molar refractivity (Wildman–Crippen MR) is 134 cm³/mol. The van der Waals surface area contributed by atoms with Gasteiger partial charge in [-0.05, 0) is 24.0 Å². The minimum Gasteiger partial charge on any atom is -0.496 e. The van der Waals surface area contributed by atoms with Gasteiger partial charge in [0.05, 0.1) is 29.3 Å². The average Bonchev–Trinajstić information content (AvgIpc) is 3.39. The van der Waals surface area contributed by atoms with Crippen LogP contribution < -0.4 is 15.4 Å². The second-order valence-electron chi connectivity index (χ2n) is 9.91. The fourth-order valence-corrected chi connectivity index (χ4v) is 5.04. The van der Waals surface area contributed by atoms with Crippen molar-refractivity contribution in [2.45, 2.75) is 65.8 Å². The first kappa shape index (κ1) is 26.6. The van der Waals surface area contributed by atoms with E-state index in [1.54, 1.807) is 24.0 Å². The number of rotatable bonds is 7. The maximum Gasteiger partial charge on any atom is 0.246 e. The lowest BCUT2D eigenvalue weighted by atomic mass is 9.85. The van der Waals surface area contributed by atoms with Crippen LogP contribution in [0.2, 0.25) is 0 Å². The van der Waals surface area contributed by atoms with Gasteiger partial charge >= 0.3 is 0 Å².